The van der Waals surface area contributed by atoms with Crippen LogP contribution in [0.2, 0.25) is 10.0 Å². The SMILES string of the molecule is COc1ccc(NC(=O)C(Sc2ccc(NC(=O)/C(=C/c3ccc(Cl)cc3)NC(=O)c3ccccc3)cc2)c2ccccc2)cc1Cl. The monoisotopic (exact) mass is 681 g/mol. The number of ether oxygens (including phenoxy) is 1. The van der Waals surface area contributed by atoms with Crippen LogP contribution in [0.4, 0.5) is 11.4 Å². The summed E-state index contributed by atoms with van der Waals surface area (Å²) in [6.45, 7) is 0. The van der Waals surface area contributed by atoms with E-state index in [4.69, 9.17) is 27.9 Å². The third-order valence-corrected chi connectivity index (χ3v) is 8.65. The number of nitrogens with one attached hydrogen (secondary N) is 3. The van der Waals surface area contributed by atoms with Gasteiger partial charge in [-0.05, 0) is 83.9 Å². The molecule has 0 aliphatic rings. The van der Waals surface area contributed by atoms with Gasteiger partial charge < -0.3 is 20.7 Å². The zero-order valence-corrected chi connectivity index (χ0v) is 27.4. The maximum absolute atomic E-state index is 13.5. The van der Waals surface area contributed by atoms with E-state index in [1.165, 1.54) is 18.9 Å². The minimum absolute atomic E-state index is 0.0547. The van der Waals surface area contributed by atoms with Gasteiger partial charge in [0.05, 0.1) is 12.1 Å². The molecule has 0 aromatic heterocycles. The van der Waals surface area contributed by atoms with Crippen molar-refractivity contribution in [2.45, 2.75) is 10.1 Å². The zero-order chi connectivity index (χ0) is 33.2. The number of anilines is 2. The number of halogens is 2. The van der Waals surface area contributed by atoms with E-state index in [1.54, 1.807) is 91.0 Å². The number of benzene rings is 5. The van der Waals surface area contributed by atoms with E-state index in [1.807, 2.05) is 42.5 Å². The first kappa shape index (κ1) is 33.3. The second kappa shape index (κ2) is 16.0. The molecular weight excluding hydrogens is 653 g/mol. The summed E-state index contributed by atoms with van der Waals surface area (Å²) in [5.74, 6) is -0.651. The molecule has 5 aromatic carbocycles. The number of methoxy groups -OCH3 is 1. The highest BCUT2D eigenvalue weighted by molar-refractivity contribution is 8.00. The first-order valence-electron chi connectivity index (χ1n) is 14.4. The van der Waals surface area contributed by atoms with Crippen LogP contribution >= 0.6 is 35.0 Å². The average Bonchev–Trinajstić information content (AvgIpc) is 3.09. The summed E-state index contributed by atoms with van der Waals surface area (Å²) in [6.07, 6.45) is 1.58. The van der Waals surface area contributed by atoms with Gasteiger partial charge in [-0.1, -0.05) is 83.9 Å². The molecule has 1 atom stereocenters. The van der Waals surface area contributed by atoms with Crippen molar-refractivity contribution in [2.24, 2.45) is 0 Å². The maximum Gasteiger partial charge on any atom is 0.272 e. The molecule has 0 saturated carbocycles. The van der Waals surface area contributed by atoms with Gasteiger partial charge >= 0.3 is 0 Å². The molecule has 0 radical (unpaired) electrons. The van der Waals surface area contributed by atoms with Gasteiger partial charge in [0.1, 0.15) is 16.7 Å². The summed E-state index contributed by atoms with van der Waals surface area (Å²) < 4.78 is 5.21. The van der Waals surface area contributed by atoms with Crippen molar-refractivity contribution < 1.29 is 19.1 Å². The molecule has 0 fully saturated rings. The number of hydrogen-bond acceptors (Lipinski definition) is 5. The van der Waals surface area contributed by atoms with Gasteiger partial charge in [-0.2, -0.15) is 0 Å². The smallest absolute Gasteiger partial charge is 0.272 e. The molecule has 7 nitrogen and oxygen atoms in total. The third-order valence-electron chi connectivity index (χ3n) is 6.84. The molecule has 5 aromatic rings. The third kappa shape index (κ3) is 9.26. The molecule has 0 bridgehead atoms. The Bertz CT molecular complexity index is 1890. The number of rotatable bonds is 11. The number of hydrogen-bond donors (Lipinski definition) is 3. The number of amides is 3. The highest BCUT2D eigenvalue weighted by Crippen LogP contribution is 2.37. The first-order chi connectivity index (χ1) is 22.8. The lowest BCUT2D eigenvalue weighted by atomic mass is 10.1. The molecule has 0 spiro atoms. The van der Waals surface area contributed by atoms with E-state index in [-0.39, 0.29) is 11.6 Å². The quantitative estimate of drug-likeness (QED) is 0.0956. The first-order valence-corrected chi connectivity index (χ1v) is 16.0. The molecule has 3 N–H and O–H groups in total. The summed E-state index contributed by atoms with van der Waals surface area (Å²) >= 11 is 13.7. The van der Waals surface area contributed by atoms with Crippen LogP contribution in [-0.4, -0.2) is 24.8 Å². The molecule has 0 heterocycles. The minimum atomic E-state index is -0.584. The number of carbonyl (C=O) groups excluding carboxylic acids is 3. The van der Waals surface area contributed by atoms with Crippen LogP contribution in [0.25, 0.3) is 6.08 Å². The van der Waals surface area contributed by atoms with Crippen LogP contribution in [0.3, 0.4) is 0 Å². The second-order valence-electron chi connectivity index (χ2n) is 10.2. The highest BCUT2D eigenvalue weighted by Gasteiger charge is 2.23. The fourth-order valence-corrected chi connectivity index (χ4v) is 5.88. The summed E-state index contributed by atoms with van der Waals surface area (Å²) in [4.78, 5) is 40.7. The van der Waals surface area contributed by atoms with Crippen molar-refractivity contribution >= 4 is 70.1 Å². The normalized spacial score (nSPS) is 11.7. The van der Waals surface area contributed by atoms with E-state index < -0.39 is 17.1 Å². The van der Waals surface area contributed by atoms with Crippen molar-refractivity contribution in [3.63, 3.8) is 0 Å². The Hall–Kier alpha value is -5.02. The number of carbonyl (C=O) groups is 3. The predicted octanol–water partition coefficient (Wildman–Crippen LogP) is 8.88. The van der Waals surface area contributed by atoms with Gasteiger partial charge in [0, 0.05) is 26.9 Å². The van der Waals surface area contributed by atoms with Crippen LogP contribution in [0.5, 0.6) is 5.75 Å². The van der Waals surface area contributed by atoms with E-state index in [0.29, 0.717) is 38.3 Å². The maximum atomic E-state index is 13.5. The Balaban J connectivity index is 1.32. The fourth-order valence-electron chi connectivity index (χ4n) is 4.47. The Morgan fingerprint density at radius 3 is 2.02 bits per heavy atom. The van der Waals surface area contributed by atoms with Crippen molar-refractivity contribution in [1.29, 1.82) is 0 Å². The lowest BCUT2D eigenvalue weighted by molar-refractivity contribution is -0.116. The summed E-state index contributed by atoms with van der Waals surface area (Å²) in [7, 11) is 1.53. The highest BCUT2D eigenvalue weighted by atomic mass is 35.5. The van der Waals surface area contributed by atoms with Crippen LogP contribution in [-0.2, 0) is 9.59 Å². The Morgan fingerprint density at radius 2 is 1.38 bits per heavy atom. The summed E-state index contributed by atoms with van der Waals surface area (Å²) in [5, 5.41) is 8.88. The minimum Gasteiger partial charge on any atom is -0.495 e. The Morgan fingerprint density at radius 1 is 0.745 bits per heavy atom. The van der Waals surface area contributed by atoms with E-state index in [9.17, 15) is 14.4 Å². The van der Waals surface area contributed by atoms with Crippen LogP contribution < -0.4 is 20.7 Å². The molecule has 5 rings (SSSR count). The lowest BCUT2D eigenvalue weighted by Gasteiger charge is -2.18. The molecule has 0 saturated heterocycles. The fraction of sp³-hybridized carbons (Fsp3) is 0.0541. The largest absolute Gasteiger partial charge is 0.495 e. The van der Waals surface area contributed by atoms with Gasteiger partial charge in [-0.15, -0.1) is 11.8 Å². The van der Waals surface area contributed by atoms with Gasteiger partial charge in [-0.25, -0.2) is 0 Å². The molecule has 0 aliphatic carbocycles. The van der Waals surface area contributed by atoms with Crippen molar-refractivity contribution in [1.82, 2.24) is 5.32 Å². The Kier molecular flexibility index (Phi) is 11.4. The molecular formula is C37H29Cl2N3O4S. The summed E-state index contributed by atoms with van der Waals surface area (Å²) in [6, 6.07) is 37.1. The summed E-state index contributed by atoms with van der Waals surface area (Å²) in [5.41, 5.74) is 3.01. The molecule has 10 heteroatoms. The molecule has 0 aliphatic heterocycles. The zero-order valence-electron chi connectivity index (χ0n) is 25.1. The molecule has 3 amide bonds. The van der Waals surface area contributed by atoms with Gasteiger partial charge in [-0.3, -0.25) is 14.4 Å². The van der Waals surface area contributed by atoms with E-state index in [0.717, 1.165) is 10.5 Å². The Labute approximate surface area is 287 Å². The molecule has 236 valence electrons. The molecule has 1 unspecified atom stereocenters. The van der Waals surface area contributed by atoms with Crippen molar-refractivity contribution in [2.75, 3.05) is 17.7 Å². The molecule has 47 heavy (non-hydrogen) atoms. The topological polar surface area (TPSA) is 96.5 Å². The standard InChI is InChI=1S/C37H29Cl2N3O4S/c1-46-33-21-18-29(23-31(33)39)41-37(45)34(25-8-4-2-5-9-25)47-30-19-16-28(17-20-30)40-36(44)32(22-24-12-14-27(38)15-13-24)42-35(43)26-10-6-3-7-11-26/h2-23,34H,1H3,(H,40,44)(H,41,45)(H,42,43)/b32-22-. The second-order valence-corrected chi connectivity index (χ2v) is 12.2. The van der Waals surface area contributed by atoms with Crippen molar-refractivity contribution in [3.8, 4) is 5.75 Å². The van der Waals surface area contributed by atoms with Gasteiger partial charge in [0.2, 0.25) is 5.91 Å². The van der Waals surface area contributed by atoms with Crippen molar-refractivity contribution in [3.05, 3.63) is 160 Å². The van der Waals surface area contributed by atoms with Crippen LogP contribution in [0, 0.1) is 0 Å². The van der Waals surface area contributed by atoms with Crippen LogP contribution in [0.1, 0.15) is 26.7 Å². The van der Waals surface area contributed by atoms with Gasteiger partial charge in [0.15, 0.2) is 0 Å². The van der Waals surface area contributed by atoms with Gasteiger partial charge in [0.25, 0.3) is 11.8 Å². The number of thioether (sulfide) groups is 1. The van der Waals surface area contributed by atoms with E-state index >= 15 is 0 Å². The predicted molar refractivity (Wildman–Crippen MR) is 190 cm³/mol. The van der Waals surface area contributed by atoms with Crippen LogP contribution in [0.15, 0.2) is 138 Å². The lowest BCUT2D eigenvalue weighted by Crippen LogP contribution is -2.30. The average molecular weight is 683 g/mol. The van der Waals surface area contributed by atoms with E-state index in [2.05, 4.69) is 16.0 Å².